The number of benzene rings is 1. The number of nitrogens with one attached hydrogen (secondary N) is 3. The van der Waals surface area contributed by atoms with Gasteiger partial charge in [-0.2, -0.15) is 23.4 Å². The van der Waals surface area contributed by atoms with Gasteiger partial charge in [0, 0.05) is 16.9 Å². The number of rotatable bonds is 3. The molecule has 10 heteroatoms. The average Bonchev–Trinajstić information content (AvgIpc) is 3.16. The van der Waals surface area contributed by atoms with Crippen molar-refractivity contribution in [3.63, 3.8) is 0 Å². The second-order valence-corrected chi connectivity index (χ2v) is 4.94. The molecule has 1 aromatic carbocycles. The van der Waals surface area contributed by atoms with Gasteiger partial charge in [-0.3, -0.25) is 15.0 Å². The van der Waals surface area contributed by atoms with E-state index in [1.165, 1.54) is 13.3 Å². The summed E-state index contributed by atoms with van der Waals surface area (Å²) < 4.78 is 38.8. The summed E-state index contributed by atoms with van der Waals surface area (Å²) in [7, 11) is 0. The first kappa shape index (κ1) is 15.7. The molecule has 0 aliphatic carbocycles. The first-order chi connectivity index (χ1) is 11.4. The maximum atomic E-state index is 12.9. The van der Waals surface area contributed by atoms with Crippen LogP contribution in [0.25, 0.3) is 11.4 Å². The van der Waals surface area contributed by atoms with Crippen LogP contribution in [0.3, 0.4) is 0 Å². The first-order valence-corrected chi connectivity index (χ1v) is 6.75. The average molecular weight is 336 g/mol. The van der Waals surface area contributed by atoms with E-state index in [1.54, 1.807) is 24.3 Å². The summed E-state index contributed by atoms with van der Waals surface area (Å²) in [6.07, 6.45) is -3.40. The third-order valence-electron chi connectivity index (χ3n) is 3.25. The van der Waals surface area contributed by atoms with Gasteiger partial charge in [0.15, 0.2) is 11.5 Å². The molecule has 1 amide bonds. The minimum absolute atomic E-state index is 0.0335. The van der Waals surface area contributed by atoms with E-state index < -0.39 is 23.3 Å². The Kier molecular flexibility index (Phi) is 3.80. The maximum absolute atomic E-state index is 12.9. The van der Waals surface area contributed by atoms with Gasteiger partial charge in [-0.15, -0.1) is 0 Å². The Balaban J connectivity index is 1.89. The number of halogens is 3. The van der Waals surface area contributed by atoms with Crippen LogP contribution in [-0.2, 0) is 6.18 Å². The lowest BCUT2D eigenvalue weighted by Gasteiger charge is -2.09. The number of amides is 1. The van der Waals surface area contributed by atoms with E-state index >= 15 is 0 Å². The molecule has 7 nitrogen and oxygen atoms in total. The maximum Gasteiger partial charge on any atom is 0.435 e. The monoisotopic (exact) mass is 336 g/mol. The van der Waals surface area contributed by atoms with Crippen molar-refractivity contribution in [3.05, 3.63) is 47.5 Å². The summed E-state index contributed by atoms with van der Waals surface area (Å²) in [6.45, 7) is 1.35. The smallest absolute Gasteiger partial charge is 0.322 e. The molecule has 0 aliphatic rings. The number of nitrogens with zero attached hydrogens (tertiary/aromatic N) is 3. The third kappa shape index (κ3) is 2.98. The van der Waals surface area contributed by atoms with Gasteiger partial charge in [0.05, 0.1) is 5.56 Å². The van der Waals surface area contributed by atoms with Crippen molar-refractivity contribution in [2.45, 2.75) is 13.1 Å². The number of hydrogen-bond donors (Lipinski definition) is 3. The largest absolute Gasteiger partial charge is 0.435 e. The molecule has 0 spiro atoms. The number of carbonyl (C=O) groups is 1. The quantitative estimate of drug-likeness (QED) is 0.685. The molecule has 3 aromatic rings. The third-order valence-corrected chi connectivity index (χ3v) is 3.25. The number of aryl methyl sites for hydroxylation is 1. The van der Waals surface area contributed by atoms with Gasteiger partial charge in [0.25, 0.3) is 5.91 Å². The van der Waals surface area contributed by atoms with Gasteiger partial charge >= 0.3 is 6.18 Å². The van der Waals surface area contributed by atoms with E-state index in [9.17, 15) is 18.0 Å². The molecule has 2 heterocycles. The summed E-state index contributed by atoms with van der Waals surface area (Å²) in [6, 6.07) is 6.49. The Morgan fingerprint density at radius 3 is 2.71 bits per heavy atom. The molecule has 24 heavy (non-hydrogen) atoms. The number of aromatic amines is 2. The summed E-state index contributed by atoms with van der Waals surface area (Å²) in [4.78, 5) is 16.2. The zero-order chi connectivity index (χ0) is 17.3. The number of alkyl halides is 3. The van der Waals surface area contributed by atoms with Crippen molar-refractivity contribution in [1.82, 2.24) is 25.4 Å². The molecule has 2 aromatic heterocycles. The van der Waals surface area contributed by atoms with E-state index in [0.717, 1.165) is 0 Å². The Bertz CT molecular complexity index is 869. The lowest BCUT2D eigenvalue weighted by atomic mass is 10.1. The SMILES string of the molecule is Cc1[nH]nc(C(F)(F)F)c1C(=O)Nc1cccc(-c2ncn[nH]2)c1. The second-order valence-electron chi connectivity index (χ2n) is 4.94. The molecule has 0 saturated heterocycles. The molecule has 3 rings (SSSR count). The van der Waals surface area contributed by atoms with Gasteiger partial charge in [-0.25, -0.2) is 4.98 Å². The molecule has 0 radical (unpaired) electrons. The molecule has 0 atom stereocenters. The molecule has 0 aliphatic heterocycles. The normalized spacial score (nSPS) is 11.5. The molecular weight excluding hydrogens is 325 g/mol. The van der Waals surface area contributed by atoms with Gasteiger partial charge in [0.1, 0.15) is 6.33 Å². The van der Waals surface area contributed by atoms with E-state index in [4.69, 9.17) is 0 Å². The van der Waals surface area contributed by atoms with Crippen LogP contribution in [0.2, 0.25) is 0 Å². The van der Waals surface area contributed by atoms with Crippen molar-refractivity contribution in [2.24, 2.45) is 0 Å². The van der Waals surface area contributed by atoms with E-state index in [1.807, 2.05) is 0 Å². The minimum atomic E-state index is -4.72. The van der Waals surface area contributed by atoms with Crippen LogP contribution in [0.15, 0.2) is 30.6 Å². The number of anilines is 1. The summed E-state index contributed by atoms with van der Waals surface area (Å²) >= 11 is 0. The minimum Gasteiger partial charge on any atom is -0.322 e. The van der Waals surface area contributed by atoms with Crippen molar-refractivity contribution < 1.29 is 18.0 Å². The number of carbonyl (C=O) groups excluding carboxylic acids is 1. The van der Waals surface area contributed by atoms with Crippen LogP contribution >= 0.6 is 0 Å². The predicted molar refractivity (Wildman–Crippen MR) is 78.1 cm³/mol. The Labute approximate surface area is 133 Å². The van der Waals surface area contributed by atoms with Crippen LogP contribution in [-0.4, -0.2) is 31.3 Å². The molecule has 0 saturated carbocycles. The molecule has 0 unspecified atom stereocenters. The van der Waals surface area contributed by atoms with Crippen LogP contribution < -0.4 is 5.32 Å². The second kappa shape index (κ2) is 5.80. The van der Waals surface area contributed by atoms with Crippen LogP contribution in [0.1, 0.15) is 21.7 Å². The van der Waals surface area contributed by atoms with E-state index in [2.05, 4.69) is 30.7 Å². The Hall–Kier alpha value is -3.17. The number of H-pyrrole nitrogens is 2. The van der Waals surface area contributed by atoms with E-state index in [0.29, 0.717) is 17.1 Å². The first-order valence-electron chi connectivity index (χ1n) is 6.75. The van der Waals surface area contributed by atoms with Crippen molar-refractivity contribution in [3.8, 4) is 11.4 Å². The summed E-state index contributed by atoms with van der Waals surface area (Å²) in [5.74, 6) is -0.426. The Morgan fingerprint density at radius 1 is 1.25 bits per heavy atom. The fourth-order valence-corrected chi connectivity index (χ4v) is 2.19. The highest BCUT2D eigenvalue weighted by molar-refractivity contribution is 6.06. The zero-order valence-corrected chi connectivity index (χ0v) is 12.3. The molecule has 0 fully saturated rings. The lowest BCUT2D eigenvalue weighted by Crippen LogP contribution is -2.18. The number of aromatic nitrogens is 5. The lowest BCUT2D eigenvalue weighted by molar-refractivity contribution is -0.141. The predicted octanol–water partition coefficient (Wildman–Crippen LogP) is 2.77. The Morgan fingerprint density at radius 2 is 2.04 bits per heavy atom. The van der Waals surface area contributed by atoms with Gasteiger partial charge in [0.2, 0.25) is 0 Å². The summed E-state index contributed by atoms with van der Waals surface area (Å²) in [5.41, 5.74) is -0.796. The highest BCUT2D eigenvalue weighted by Gasteiger charge is 2.39. The zero-order valence-electron chi connectivity index (χ0n) is 12.3. The highest BCUT2D eigenvalue weighted by Crippen LogP contribution is 2.32. The van der Waals surface area contributed by atoms with Crippen molar-refractivity contribution >= 4 is 11.6 Å². The van der Waals surface area contributed by atoms with E-state index in [-0.39, 0.29) is 5.69 Å². The molecular formula is C14H11F3N6O. The highest BCUT2D eigenvalue weighted by atomic mass is 19.4. The van der Waals surface area contributed by atoms with Gasteiger partial charge in [-0.1, -0.05) is 12.1 Å². The topological polar surface area (TPSA) is 99.3 Å². The van der Waals surface area contributed by atoms with Crippen LogP contribution in [0, 0.1) is 6.92 Å². The number of hydrogen-bond acceptors (Lipinski definition) is 4. The van der Waals surface area contributed by atoms with Crippen LogP contribution in [0.5, 0.6) is 0 Å². The summed E-state index contributed by atoms with van der Waals surface area (Å²) in [5, 5.41) is 14.2. The standard InChI is InChI=1S/C14H11F3N6O/c1-7-10(11(22-21-7)14(15,16)17)13(24)20-9-4-2-3-8(5-9)12-18-6-19-23-12/h2-6H,1H3,(H,20,24)(H,21,22)(H,18,19,23). The van der Waals surface area contributed by atoms with Gasteiger partial charge in [-0.05, 0) is 19.1 Å². The molecule has 0 bridgehead atoms. The van der Waals surface area contributed by atoms with Crippen LogP contribution in [0.4, 0.5) is 18.9 Å². The van der Waals surface area contributed by atoms with Crippen molar-refractivity contribution in [1.29, 1.82) is 0 Å². The fraction of sp³-hybridized carbons (Fsp3) is 0.143. The fourth-order valence-electron chi connectivity index (χ4n) is 2.19. The molecule has 124 valence electrons. The molecule has 3 N–H and O–H groups in total. The van der Waals surface area contributed by atoms with Crippen molar-refractivity contribution in [2.75, 3.05) is 5.32 Å². The van der Waals surface area contributed by atoms with Gasteiger partial charge < -0.3 is 5.32 Å².